The van der Waals surface area contributed by atoms with Crippen molar-refractivity contribution < 1.29 is 9.59 Å². The van der Waals surface area contributed by atoms with Crippen molar-refractivity contribution >= 4 is 17.4 Å². The number of carbonyl (C=O) groups is 2. The molecule has 0 aliphatic carbocycles. The van der Waals surface area contributed by atoms with Crippen LogP contribution in [0.25, 0.3) is 5.57 Å². The summed E-state index contributed by atoms with van der Waals surface area (Å²) in [4.78, 5) is 34.3. The van der Waals surface area contributed by atoms with Crippen LogP contribution in [0.3, 0.4) is 0 Å². The van der Waals surface area contributed by atoms with Gasteiger partial charge in [0.2, 0.25) is 0 Å². The van der Waals surface area contributed by atoms with Crippen molar-refractivity contribution in [3.05, 3.63) is 70.7 Å². The summed E-state index contributed by atoms with van der Waals surface area (Å²) >= 11 is 0. The molecule has 1 aromatic heterocycles. The van der Waals surface area contributed by atoms with Crippen LogP contribution in [-0.2, 0) is 16.0 Å². The largest absolute Gasteiger partial charge is 0.366 e. The highest BCUT2D eigenvalue weighted by atomic mass is 16.2. The zero-order valence-corrected chi connectivity index (χ0v) is 18.6. The fraction of sp³-hybridized carbons (Fsp3) is 0.400. The summed E-state index contributed by atoms with van der Waals surface area (Å²) < 4.78 is 0. The minimum absolute atomic E-state index is 0.182. The Morgan fingerprint density at radius 3 is 2.30 bits per heavy atom. The SMILES string of the molecule is CCN(CCc1ccncc1)C1=C(c2ccc(C)c(C)c2)C(=O)N(CC(C)C)C1=O. The second kappa shape index (κ2) is 9.24. The van der Waals surface area contributed by atoms with Gasteiger partial charge in [-0.15, -0.1) is 0 Å². The highest BCUT2D eigenvalue weighted by molar-refractivity contribution is 6.35. The number of aryl methyl sites for hydroxylation is 2. The molecule has 0 saturated carbocycles. The zero-order chi connectivity index (χ0) is 21.8. The first kappa shape index (κ1) is 21.8. The monoisotopic (exact) mass is 405 g/mol. The molecule has 1 aliphatic rings. The van der Waals surface area contributed by atoms with E-state index in [1.165, 1.54) is 10.5 Å². The highest BCUT2D eigenvalue weighted by Gasteiger charge is 2.41. The van der Waals surface area contributed by atoms with E-state index in [0.717, 1.165) is 23.1 Å². The molecule has 30 heavy (non-hydrogen) atoms. The van der Waals surface area contributed by atoms with E-state index < -0.39 is 0 Å². The van der Waals surface area contributed by atoms with Gasteiger partial charge >= 0.3 is 0 Å². The number of amides is 2. The minimum Gasteiger partial charge on any atom is -0.366 e. The van der Waals surface area contributed by atoms with Crippen molar-refractivity contribution in [2.45, 2.75) is 41.0 Å². The third kappa shape index (κ3) is 4.45. The number of rotatable bonds is 8. The summed E-state index contributed by atoms with van der Waals surface area (Å²) in [7, 11) is 0. The van der Waals surface area contributed by atoms with Crippen LogP contribution in [0.2, 0.25) is 0 Å². The van der Waals surface area contributed by atoms with Crippen molar-refractivity contribution in [2.24, 2.45) is 5.92 Å². The average molecular weight is 406 g/mol. The summed E-state index contributed by atoms with van der Waals surface area (Å²) in [5, 5.41) is 0. The molecule has 2 amide bonds. The molecular weight excluding hydrogens is 374 g/mol. The average Bonchev–Trinajstić information content (AvgIpc) is 2.96. The summed E-state index contributed by atoms with van der Waals surface area (Å²) in [6.07, 6.45) is 4.34. The minimum atomic E-state index is -0.186. The molecule has 0 atom stereocenters. The lowest BCUT2D eigenvalue weighted by Crippen LogP contribution is -2.38. The van der Waals surface area contributed by atoms with Gasteiger partial charge in [-0.1, -0.05) is 32.0 Å². The highest BCUT2D eigenvalue weighted by Crippen LogP contribution is 2.33. The summed E-state index contributed by atoms with van der Waals surface area (Å²) in [6, 6.07) is 9.97. The Balaban J connectivity index is 2.02. The van der Waals surface area contributed by atoms with Crippen molar-refractivity contribution in [1.29, 1.82) is 0 Å². The van der Waals surface area contributed by atoms with Crippen molar-refractivity contribution in [1.82, 2.24) is 14.8 Å². The molecule has 3 rings (SSSR count). The Bertz CT molecular complexity index is 964. The second-order valence-electron chi connectivity index (χ2n) is 8.32. The Hall–Kier alpha value is -2.95. The van der Waals surface area contributed by atoms with Gasteiger partial charge in [0.15, 0.2) is 0 Å². The van der Waals surface area contributed by atoms with E-state index in [9.17, 15) is 9.59 Å². The van der Waals surface area contributed by atoms with E-state index in [1.807, 2.05) is 69.9 Å². The van der Waals surface area contributed by atoms with Gasteiger partial charge in [0, 0.05) is 32.0 Å². The van der Waals surface area contributed by atoms with Crippen LogP contribution in [0.15, 0.2) is 48.4 Å². The lowest BCUT2D eigenvalue weighted by Gasteiger charge is -2.25. The van der Waals surface area contributed by atoms with Gasteiger partial charge in [0.25, 0.3) is 11.8 Å². The lowest BCUT2D eigenvalue weighted by molar-refractivity contribution is -0.138. The topological polar surface area (TPSA) is 53.5 Å². The third-order valence-electron chi connectivity index (χ3n) is 5.60. The predicted octanol–water partition coefficient (Wildman–Crippen LogP) is 4.00. The molecule has 158 valence electrons. The Morgan fingerprint density at radius 2 is 1.70 bits per heavy atom. The second-order valence-corrected chi connectivity index (χ2v) is 8.32. The first-order valence-electron chi connectivity index (χ1n) is 10.6. The number of benzene rings is 1. The molecule has 0 spiro atoms. The maximum Gasteiger partial charge on any atom is 0.277 e. The Kier molecular flexibility index (Phi) is 6.70. The predicted molar refractivity (Wildman–Crippen MR) is 120 cm³/mol. The van der Waals surface area contributed by atoms with Crippen LogP contribution in [0, 0.1) is 19.8 Å². The molecule has 0 unspecified atom stereocenters. The quantitative estimate of drug-likeness (QED) is 0.623. The van der Waals surface area contributed by atoms with Crippen LogP contribution in [0.4, 0.5) is 0 Å². The van der Waals surface area contributed by atoms with Gasteiger partial charge in [-0.05, 0) is 67.5 Å². The zero-order valence-electron chi connectivity index (χ0n) is 18.6. The maximum atomic E-state index is 13.4. The van der Waals surface area contributed by atoms with E-state index in [2.05, 4.69) is 4.98 Å². The number of hydrogen-bond donors (Lipinski definition) is 0. The Morgan fingerprint density at radius 1 is 1.00 bits per heavy atom. The van der Waals surface area contributed by atoms with Crippen LogP contribution in [0.1, 0.15) is 43.0 Å². The molecule has 1 aliphatic heterocycles. The first-order valence-corrected chi connectivity index (χ1v) is 10.6. The molecule has 0 fully saturated rings. The van der Waals surface area contributed by atoms with E-state index >= 15 is 0 Å². The molecule has 5 nitrogen and oxygen atoms in total. The number of likely N-dealkylation sites (N-methyl/N-ethyl adjacent to an activating group) is 1. The number of hydrogen-bond acceptors (Lipinski definition) is 4. The van der Waals surface area contributed by atoms with Crippen LogP contribution in [0.5, 0.6) is 0 Å². The summed E-state index contributed by atoms with van der Waals surface area (Å²) in [5.74, 6) is -0.155. The van der Waals surface area contributed by atoms with Gasteiger partial charge in [0.1, 0.15) is 5.70 Å². The van der Waals surface area contributed by atoms with E-state index in [-0.39, 0.29) is 17.7 Å². The van der Waals surface area contributed by atoms with Gasteiger partial charge in [-0.2, -0.15) is 0 Å². The molecular formula is C25H31N3O2. The molecule has 2 aromatic rings. The number of nitrogens with zero attached hydrogens (tertiary/aromatic N) is 3. The number of pyridine rings is 1. The smallest absolute Gasteiger partial charge is 0.277 e. The maximum absolute atomic E-state index is 13.4. The fourth-order valence-electron chi connectivity index (χ4n) is 3.79. The standard InChI is InChI=1S/C25H31N3O2/c1-6-27(14-11-20-9-12-26-13-10-20)23-22(21-8-7-18(4)19(5)15-21)24(29)28(25(23)30)16-17(2)3/h7-10,12-13,15,17H,6,11,14,16H2,1-5H3. The fourth-order valence-corrected chi connectivity index (χ4v) is 3.79. The normalized spacial score (nSPS) is 14.3. The number of aromatic nitrogens is 1. The number of imide groups is 1. The molecule has 1 aromatic carbocycles. The third-order valence-corrected chi connectivity index (χ3v) is 5.60. The lowest BCUT2D eigenvalue weighted by atomic mass is 9.99. The van der Waals surface area contributed by atoms with Gasteiger partial charge in [-0.25, -0.2) is 0 Å². The van der Waals surface area contributed by atoms with E-state index in [1.54, 1.807) is 12.4 Å². The number of carbonyl (C=O) groups excluding carboxylic acids is 2. The first-order chi connectivity index (χ1) is 14.3. The molecule has 0 N–H and O–H groups in total. The van der Waals surface area contributed by atoms with Gasteiger partial charge < -0.3 is 4.90 Å². The van der Waals surface area contributed by atoms with Crippen LogP contribution >= 0.6 is 0 Å². The molecule has 5 heteroatoms. The summed E-state index contributed by atoms with van der Waals surface area (Å²) in [6.45, 7) is 11.9. The van der Waals surface area contributed by atoms with Gasteiger partial charge in [0.05, 0.1) is 5.57 Å². The molecule has 2 heterocycles. The van der Waals surface area contributed by atoms with Crippen LogP contribution < -0.4 is 0 Å². The van der Waals surface area contributed by atoms with Gasteiger partial charge in [-0.3, -0.25) is 19.5 Å². The van der Waals surface area contributed by atoms with Crippen molar-refractivity contribution in [3.63, 3.8) is 0 Å². The van der Waals surface area contributed by atoms with Crippen LogP contribution in [-0.4, -0.2) is 46.2 Å². The van der Waals surface area contributed by atoms with Crippen molar-refractivity contribution in [2.75, 3.05) is 19.6 Å². The molecule has 0 saturated heterocycles. The molecule has 0 bridgehead atoms. The van der Waals surface area contributed by atoms with Crippen molar-refractivity contribution in [3.8, 4) is 0 Å². The Labute approximate surface area is 179 Å². The van der Waals surface area contributed by atoms with E-state index in [4.69, 9.17) is 0 Å². The summed E-state index contributed by atoms with van der Waals surface area (Å²) in [5.41, 5.74) is 5.32. The molecule has 0 radical (unpaired) electrons. The van der Waals surface area contributed by atoms with E-state index in [0.29, 0.717) is 30.9 Å².